The topological polar surface area (TPSA) is 46.1 Å². The molecule has 1 aromatic carbocycles. The van der Waals surface area contributed by atoms with Gasteiger partial charge in [0, 0.05) is 33.3 Å². The molecule has 2 rings (SSSR count). The largest absolute Gasteiger partial charge is 0.494 e. The third kappa shape index (κ3) is 7.70. The molecular formula is C20H34IN3O2. The first kappa shape index (κ1) is 23.0. The lowest BCUT2D eigenvalue weighted by atomic mass is 10.1. The van der Waals surface area contributed by atoms with Crippen LogP contribution in [0.4, 0.5) is 0 Å². The van der Waals surface area contributed by atoms with Crippen molar-refractivity contribution in [2.75, 3.05) is 33.4 Å². The molecule has 0 atom stereocenters. The molecule has 1 aliphatic heterocycles. The van der Waals surface area contributed by atoms with E-state index in [1.807, 2.05) is 13.1 Å². The van der Waals surface area contributed by atoms with Gasteiger partial charge in [-0.25, -0.2) is 0 Å². The van der Waals surface area contributed by atoms with Crippen molar-refractivity contribution in [2.45, 2.75) is 52.2 Å². The van der Waals surface area contributed by atoms with Gasteiger partial charge in [0.25, 0.3) is 0 Å². The normalized spacial score (nSPS) is 15.5. The van der Waals surface area contributed by atoms with Gasteiger partial charge in [0.2, 0.25) is 0 Å². The van der Waals surface area contributed by atoms with Crippen LogP contribution in [-0.2, 0) is 11.3 Å². The average Bonchev–Trinajstić information content (AvgIpc) is 2.64. The Bertz CT molecular complexity index is 532. The van der Waals surface area contributed by atoms with E-state index in [-0.39, 0.29) is 24.0 Å². The highest BCUT2D eigenvalue weighted by atomic mass is 127. The van der Waals surface area contributed by atoms with Crippen molar-refractivity contribution < 1.29 is 9.47 Å². The van der Waals surface area contributed by atoms with Gasteiger partial charge in [-0.2, -0.15) is 0 Å². The van der Waals surface area contributed by atoms with Gasteiger partial charge < -0.3 is 19.7 Å². The van der Waals surface area contributed by atoms with Crippen LogP contribution in [0.25, 0.3) is 0 Å². The number of benzene rings is 1. The van der Waals surface area contributed by atoms with E-state index in [0.29, 0.717) is 6.10 Å². The molecule has 1 N–H and O–H groups in total. The number of unbranched alkanes of at least 4 members (excludes halogenated alkanes) is 1. The predicted octanol–water partition coefficient (Wildman–Crippen LogP) is 4.06. The number of halogens is 1. The Morgan fingerprint density at radius 3 is 2.69 bits per heavy atom. The lowest BCUT2D eigenvalue weighted by Crippen LogP contribution is -2.46. The maximum Gasteiger partial charge on any atom is 0.193 e. The summed E-state index contributed by atoms with van der Waals surface area (Å²) in [4.78, 5) is 6.76. The smallest absolute Gasteiger partial charge is 0.193 e. The summed E-state index contributed by atoms with van der Waals surface area (Å²) in [5, 5.41) is 3.48. The number of hydrogen-bond donors (Lipinski definition) is 1. The number of nitrogens with one attached hydrogen (secondary N) is 1. The summed E-state index contributed by atoms with van der Waals surface area (Å²) in [6.07, 6.45) is 4.77. The van der Waals surface area contributed by atoms with E-state index in [9.17, 15) is 0 Å². The molecule has 0 aromatic heterocycles. The van der Waals surface area contributed by atoms with E-state index in [1.165, 1.54) is 5.56 Å². The van der Waals surface area contributed by atoms with Crippen LogP contribution in [0.2, 0.25) is 0 Å². The zero-order valence-corrected chi connectivity index (χ0v) is 18.7. The Labute approximate surface area is 175 Å². The van der Waals surface area contributed by atoms with Crippen molar-refractivity contribution in [1.82, 2.24) is 10.2 Å². The molecule has 0 bridgehead atoms. The summed E-state index contributed by atoms with van der Waals surface area (Å²) >= 11 is 0. The van der Waals surface area contributed by atoms with Gasteiger partial charge in [0.15, 0.2) is 5.96 Å². The molecule has 148 valence electrons. The van der Waals surface area contributed by atoms with Crippen LogP contribution in [-0.4, -0.2) is 50.3 Å². The molecule has 0 amide bonds. The first-order chi connectivity index (χ1) is 12.3. The van der Waals surface area contributed by atoms with Gasteiger partial charge in [0.1, 0.15) is 5.75 Å². The van der Waals surface area contributed by atoms with E-state index in [4.69, 9.17) is 9.47 Å². The first-order valence-corrected chi connectivity index (χ1v) is 9.55. The number of guanidine groups is 1. The molecule has 0 aliphatic carbocycles. The molecule has 0 spiro atoms. The number of aliphatic imine (C=N–C) groups is 1. The molecule has 1 fully saturated rings. The second-order valence-corrected chi connectivity index (χ2v) is 6.39. The Balaban J connectivity index is 0.00000338. The number of likely N-dealkylation sites (tertiary alicyclic amines) is 1. The molecule has 1 aromatic rings. The number of piperidine rings is 1. The number of ether oxygens (including phenoxy) is 2. The van der Waals surface area contributed by atoms with Crippen molar-refractivity contribution in [3.63, 3.8) is 0 Å². The minimum Gasteiger partial charge on any atom is -0.494 e. The number of hydrogen-bond acceptors (Lipinski definition) is 3. The van der Waals surface area contributed by atoms with Crippen molar-refractivity contribution >= 4 is 29.9 Å². The molecule has 1 aliphatic rings. The summed E-state index contributed by atoms with van der Waals surface area (Å²) in [6, 6.07) is 8.30. The van der Waals surface area contributed by atoms with Crippen molar-refractivity contribution in [2.24, 2.45) is 4.99 Å². The first-order valence-electron chi connectivity index (χ1n) is 9.55. The second kappa shape index (κ2) is 13.2. The van der Waals surface area contributed by atoms with Gasteiger partial charge >= 0.3 is 0 Å². The highest BCUT2D eigenvalue weighted by molar-refractivity contribution is 14.0. The molecule has 0 unspecified atom stereocenters. The summed E-state index contributed by atoms with van der Waals surface area (Å²) in [7, 11) is 1.85. The molecule has 5 nitrogen and oxygen atoms in total. The van der Waals surface area contributed by atoms with E-state index >= 15 is 0 Å². The van der Waals surface area contributed by atoms with E-state index in [2.05, 4.69) is 47.3 Å². The molecule has 1 heterocycles. The van der Waals surface area contributed by atoms with Gasteiger partial charge in [-0.05, 0) is 43.9 Å². The monoisotopic (exact) mass is 475 g/mol. The van der Waals surface area contributed by atoms with Gasteiger partial charge in [-0.3, -0.25) is 4.99 Å². The highest BCUT2D eigenvalue weighted by Crippen LogP contribution is 2.15. The van der Waals surface area contributed by atoms with Crippen LogP contribution in [0.15, 0.2) is 29.3 Å². The quantitative estimate of drug-likeness (QED) is 0.267. The fourth-order valence-corrected chi connectivity index (χ4v) is 3.06. The van der Waals surface area contributed by atoms with Crippen LogP contribution in [0.1, 0.15) is 45.1 Å². The maximum absolute atomic E-state index is 5.79. The Kier molecular flexibility index (Phi) is 11.7. The van der Waals surface area contributed by atoms with Crippen LogP contribution in [0.3, 0.4) is 0 Å². The molecule has 26 heavy (non-hydrogen) atoms. The van der Waals surface area contributed by atoms with Crippen LogP contribution >= 0.6 is 24.0 Å². The molecule has 0 radical (unpaired) electrons. The zero-order chi connectivity index (χ0) is 17.9. The average molecular weight is 475 g/mol. The highest BCUT2D eigenvalue weighted by Gasteiger charge is 2.21. The summed E-state index contributed by atoms with van der Waals surface area (Å²) in [5.41, 5.74) is 1.21. The fraction of sp³-hybridized carbons (Fsp3) is 0.650. The molecule has 1 saturated heterocycles. The van der Waals surface area contributed by atoms with Crippen molar-refractivity contribution in [3.8, 4) is 5.75 Å². The van der Waals surface area contributed by atoms with E-state index in [1.54, 1.807) is 0 Å². The SMILES string of the molecule is CCCCOc1cccc(CNC(=NC)N2CCC(OCC)CC2)c1.I. The second-order valence-electron chi connectivity index (χ2n) is 6.39. The van der Waals surface area contributed by atoms with Crippen LogP contribution in [0, 0.1) is 0 Å². The lowest BCUT2D eigenvalue weighted by Gasteiger charge is -2.34. The standard InChI is InChI=1S/C20H33N3O2.HI/c1-4-6-14-25-19-9-7-8-17(15-19)16-22-20(21-3)23-12-10-18(11-13-23)24-5-2;/h7-9,15,18H,4-6,10-14,16H2,1-3H3,(H,21,22);1H. The van der Waals surface area contributed by atoms with E-state index in [0.717, 1.165) is 70.2 Å². The number of nitrogens with zero attached hydrogens (tertiary/aromatic N) is 2. The van der Waals surface area contributed by atoms with Gasteiger partial charge in [-0.1, -0.05) is 25.5 Å². The van der Waals surface area contributed by atoms with E-state index < -0.39 is 0 Å². The van der Waals surface area contributed by atoms with Crippen LogP contribution < -0.4 is 10.1 Å². The van der Waals surface area contributed by atoms with Crippen LogP contribution in [0.5, 0.6) is 5.75 Å². The zero-order valence-electron chi connectivity index (χ0n) is 16.4. The Hall–Kier alpha value is -1.02. The minimum atomic E-state index is 0. The lowest BCUT2D eigenvalue weighted by molar-refractivity contribution is 0.0263. The summed E-state index contributed by atoms with van der Waals surface area (Å²) < 4.78 is 11.5. The van der Waals surface area contributed by atoms with Gasteiger partial charge in [-0.15, -0.1) is 24.0 Å². The summed E-state index contributed by atoms with van der Waals surface area (Å²) in [6.45, 7) is 8.55. The maximum atomic E-state index is 5.79. The Morgan fingerprint density at radius 1 is 1.27 bits per heavy atom. The molecule has 6 heteroatoms. The fourth-order valence-electron chi connectivity index (χ4n) is 3.06. The van der Waals surface area contributed by atoms with Crippen molar-refractivity contribution in [1.29, 1.82) is 0 Å². The summed E-state index contributed by atoms with van der Waals surface area (Å²) in [5.74, 6) is 1.91. The molecular weight excluding hydrogens is 441 g/mol. The third-order valence-corrected chi connectivity index (χ3v) is 4.47. The van der Waals surface area contributed by atoms with Crippen molar-refractivity contribution in [3.05, 3.63) is 29.8 Å². The predicted molar refractivity (Wildman–Crippen MR) is 119 cm³/mol. The van der Waals surface area contributed by atoms with Gasteiger partial charge in [0.05, 0.1) is 12.7 Å². The Morgan fingerprint density at radius 2 is 2.04 bits per heavy atom. The molecule has 0 saturated carbocycles. The number of rotatable bonds is 8. The minimum absolute atomic E-state index is 0. The third-order valence-electron chi connectivity index (χ3n) is 4.47.